The van der Waals surface area contributed by atoms with Crippen molar-refractivity contribution in [1.29, 1.82) is 5.26 Å². The number of halogens is 3. The quantitative estimate of drug-likeness (QED) is 0.306. The molecule has 0 saturated heterocycles. The Labute approximate surface area is 213 Å². The maximum atomic E-state index is 13.6. The third kappa shape index (κ3) is 5.57. The SMILES string of the molecule is COc1ccc(-c2cc(C(F)(F)F)nc(SCC(=O)Nc3sc4c(c3C#N)CCCC4)n2)cc1OC. The molecule has 0 radical (unpaired) electrons. The molecule has 0 bridgehead atoms. The third-order valence-electron chi connectivity index (χ3n) is 5.54. The van der Waals surface area contributed by atoms with Gasteiger partial charge < -0.3 is 14.8 Å². The Bertz CT molecular complexity index is 1340. The average Bonchev–Trinajstić information content (AvgIpc) is 3.23. The lowest BCUT2D eigenvalue weighted by Crippen LogP contribution is -2.15. The van der Waals surface area contributed by atoms with Gasteiger partial charge in [-0.1, -0.05) is 11.8 Å². The Balaban J connectivity index is 1.56. The fraction of sp³-hybridized carbons (Fsp3) is 0.333. The van der Waals surface area contributed by atoms with Gasteiger partial charge in [0.05, 0.1) is 31.2 Å². The molecule has 0 aliphatic heterocycles. The number of nitrogens with zero attached hydrogens (tertiary/aromatic N) is 3. The first-order chi connectivity index (χ1) is 17.2. The Morgan fingerprint density at radius 1 is 1.17 bits per heavy atom. The molecule has 0 unspecified atom stereocenters. The van der Waals surface area contributed by atoms with E-state index in [-0.39, 0.29) is 16.6 Å². The van der Waals surface area contributed by atoms with Crippen molar-refractivity contribution in [2.24, 2.45) is 0 Å². The Kier molecular flexibility index (Phi) is 7.70. The average molecular weight is 535 g/mol. The lowest BCUT2D eigenvalue weighted by Gasteiger charge is -2.12. The van der Waals surface area contributed by atoms with Gasteiger partial charge >= 0.3 is 6.18 Å². The molecule has 2 heterocycles. The number of aryl methyl sites for hydroxylation is 1. The summed E-state index contributed by atoms with van der Waals surface area (Å²) >= 11 is 2.17. The van der Waals surface area contributed by atoms with E-state index in [1.807, 2.05) is 0 Å². The third-order valence-corrected chi connectivity index (χ3v) is 7.60. The van der Waals surface area contributed by atoms with Crippen molar-refractivity contribution in [3.05, 3.63) is 46.0 Å². The van der Waals surface area contributed by atoms with Crippen LogP contribution in [0, 0.1) is 11.3 Å². The minimum absolute atomic E-state index is 0.0267. The normalized spacial score (nSPS) is 13.0. The zero-order chi connectivity index (χ0) is 25.9. The number of carbonyl (C=O) groups excluding carboxylic acids is 1. The number of thioether (sulfide) groups is 1. The van der Waals surface area contributed by atoms with E-state index >= 15 is 0 Å². The summed E-state index contributed by atoms with van der Waals surface area (Å²) < 4.78 is 51.1. The van der Waals surface area contributed by atoms with Gasteiger partial charge in [0.2, 0.25) is 5.91 Å². The molecule has 188 valence electrons. The van der Waals surface area contributed by atoms with Gasteiger partial charge in [0, 0.05) is 10.4 Å². The highest BCUT2D eigenvalue weighted by Crippen LogP contribution is 2.38. The zero-order valence-electron chi connectivity index (χ0n) is 19.4. The van der Waals surface area contributed by atoms with E-state index in [0.717, 1.165) is 54.0 Å². The largest absolute Gasteiger partial charge is 0.493 e. The number of hydrogen-bond donors (Lipinski definition) is 1. The lowest BCUT2D eigenvalue weighted by atomic mass is 9.96. The zero-order valence-corrected chi connectivity index (χ0v) is 21.0. The van der Waals surface area contributed by atoms with Gasteiger partial charge in [-0.2, -0.15) is 18.4 Å². The molecule has 0 saturated carbocycles. The molecule has 3 aromatic rings. The first kappa shape index (κ1) is 25.8. The van der Waals surface area contributed by atoms with Crippen molar-refractivity contribution in [2.75, 3.05) is 25.3 Å². The molecule has 0 spiro atoms. The number of benzene rings is 1. The van der Waals surface area contributed by atoms with Crippen molar-refractivity contribution < 1.29 is 27.4 Å². The predicted molar refractivity (Wildman–Crippen MR) is 131 cm³/mol. The fourth-order valence-electron chi connectivity index (χ4n) is 3.84. The van der Waals surface area contributed by atoms with Crippen LogP contribution in [0.15, 0.2) is 29.4 Å². The van der Waals surface area contributed by atoms with Crippen molar-refractivity contribution >= 4 is 34.0 Å². The van der Waals surface area contributed by atoms with Gasteiger partial charge in [-0.25, -0.2) is 9.97 Å². The van der Waals surface area contributed by atoms with Gasteiger partial charge in [0.1, 0.15) is 16.8 Å². The second kappa shape index (κ2) is 10.8. The van der Waals surface area contributed by atoms with Crippen molar-refractivity contribution in [3.63, 3.8) is 0 Å². The van der Waals surface area contributed by atoms with E-state index < -0.39 is 17.8 Å². The predicted octanol–water partition coefficient (Wildman–Crippen LogP) is 5.72. The number of nitriles is 1. The molecule has 0 fully saturated rings. The summed E-state index contributed by atoms with van der Waals surface area (Å²) in [7, 11) is 2.87. The van der Waals surface area contributed by atoms with Crippen molar-refractivity contribution in [1.82, 2.24) is 9.97 Å². The molecule has 36 heavy (non-hydrogen) atoms. The van der Waals surface area contributed by atoms with Gasteiger partial charge in [-0.05, 0) is 55.5 Å². The highest BCUT2D eigenvalue weighted by molar-refractivity contribution is 7.99. The first-order valence-electron chi connectivity index (χ1n) is 10.9. The fourth-order valence-corrected chi connectivity index (χ4v) is 5.76. The van der Waals surface area contributed by atoms with Crippen LogP contribution in [0.2, 0.25) is 0 Å². The summed E-state index contributed by atoms with van der Waals surface area (Å²) in [5.74, 6) is 0.0798. The monoisotopic (exact) mass is 534 g/mol. The molecule has 1 N–H and O–H groups in total. The van der Waals surface area contributed by atoms with E-state index in [1.54, 1.807) is 12.1 Å². The number of thiophene rings is 1. The molecule has 1 amide bonds. The smallest absolute Gasteiger partial charge is 0.433 e. The highest BCUT2D eigenvalue weighted by atomic mass is 32.2. The number of anilines is 1. The van der Waals surface area contributed by atoms with Crippen LogP contribution in [0.1, 0.15) is 34.5 Å². The number of alkyl halides is 3. The Morgan fingerprint density at radius 2 is 1.92 bits per heavy atom. The molecule has 2 aromatic heterocycles. The van der Waals surface area contributed by atoms with Crippen LogP contribution in [0.5, 0.6) is 11.5 Å². The molecular formula is C24H21F3N4O3S2. The van der Waals surface area contributed by atoms with E-state index in [2.05, 4.69) is 21.4 Å². The summed E-state index contributed by atoms with van der Waals surface area (Å²) in [6.45, 7) is 0. The summed E-state index contributed by atoms with van der Waals surface area (Å²) in [5, 5.41) is 12.6. The molecule has 1 aliphatic carbocycles. The van der Waals surface area contributed by atoms with Crippen LogP contribution < -0.4 is 14.8 Å². The lowest BCUT2D eigenvalue weighted by molar-refractivity contribution is -0.141. The topological polar surface area (TPSA) is 97.1 Å². The number of methoxy groups -OCH3 is 2. The first-order valence-corrected chi connectivity index (χ1v) is 12.7. The van der Waals surface area contributed by atoms with E-state index in [1.165, 1.54) is 31.6 Å². The minimum Gasteiger partial charge on any atom is -0.493 e. The van der Waals surface area contributed by atoms with E-state index in [4.69, 9.17) is 9.47 Å². The van der Waals surface area contributed by atoms with Gasteiger partial charge in [-0.15, -0.1) is 11.3 Å². The van der Waals surface area contributed by atoms with Gasteiger partial charge in [0.25, 0.3) is 0 Å². The van der Waals surface area contributed by atoms with Crippen LogP contribution in [0.25, 0.3) is 11.3 Å². The number of rotatable bonds is 7. The molecule has 4 rings (SSSR count). The van der Waals surface area contributed by atoms with Crippen LogP contribution in [-0.4, -0.2) is 35.8 Å². The molecule has 12 heteroatoms. The summed E-state index contributed by atoms with van der Waals surface area (Å²) in [4.78, 5) is 21.6. The maximum absolute atomic E-state index is 13.6. The number of aromatic nitrogens is 2. The molecule has 7 nitrogen and oxygen atoms in total. The maximum Gasteiger partial charge on any atom is 0.433 e. The standard InChI is InChI=1S/C24H21F3N4O3S2/c1-33-17-8-7-13(9-18(17)34-2)16-10-20(24(25,26)27)30-23(29-16)35-12-21(32)31-22-15(11-28)14-5-3-4-6-19(14)36-22/h7-10H,3-6,12H2,1-2H3,(H,31,32). The van der Waals surface area contributed by atoms with Crippen LogP contribution in [0.4, 0.5) is 18.2 Å². The number of hydrogen-bond acceptors (Lipinski definition) is 8. The number of carbonyl (C=O) groups is 1. The van der Waals surface area contributed by atoms with E-state index in [9.17, 15) is 23.2 Å². The second-order valence-corrected chi connectivity index (χ2v) is 9.90. The van der Waals surface area contributed by atoms with Gasteiger partial charge in [-0.3, -0.25) is 4.79 Å². The second-order valence-electron chi connectivity index (χ2n) is 7.85. The Hall–Kier alpha value is -3.30. The number of ether oxygens (including phenoxy) is 2. The van der Waals surface area contributed by atoms with Crippen LogP contribution in [-0.2, 0) is 23.8 Å². The molecular weight excluding hydrogens is 513 g/mol. The minimum atomic E-state index is -4.70. The number of amides is 1. The molecule has 1 aromatic carbocycles. The van der Waals surface area contributed by atoms with Gasteiger partial charge in [0.15, 0.2) is 16.7 Å². The van der Waals surface area contributed by atoms with Crippen molar-refractivity contribution in [3.8, 4) is 28.8 Å². The van der Waals surface area contributed by atoms with Crippen molar-refractivity contribution in [2.45, 2.75) is 37.0 Å². The van der Waals surface area contributed by atoms with E-state index in [0.29, 0.717) is 27.6 Å². The summed E-state index contributed by atoms with van der Waals surface area (Å²) in [6, 6.07) is 7.67. The Morgan fingerprint density at radius 3 is 2.61 bits per heavy atom. The van der Waals surface area contributed by atoms with Crippen LogP contribution >= 0.6 is 23.1 Å². The summed E-state index contributed by atoms with van der Waals surface area (Å²) in [6.07, 6.45) is -0.996. The number of fused-ring (bicyclic) bond motifs is 1. The highest BCUT2D eigenvalue weighted by Gasteiger charge is 2.34. The summed E-state index contributed by atoms with van der Waals surface area (Å²) in [5.41, 5.74) is 0.730. The van der Waals surface area contributed by atoms with Crippen LogP contribution in [0.3, 0.4) is 0 Å². The number of nitrogens with one attached hydrogen (secondary N) is 1. The molecule has 1 aliphatic rings. The molecule has 0 atom stereocenters.